The molecule has 0 fully saturated rings. The van der Waals surface area contributed by atoms with E-state index in [0.717, 1.165) is 56.3 Å². The van der Waals surface area contributed by atoms with Gasteiger partial charge in [-0.3, -0.25) is 4.79 Å². The highest BCUT2D eigenvalue weighted by molar-refractivity contribution is 7.19. The number of para-hydroxylation sites is 1. The summed E-state index contributed by atoms with van der Waals surface area (Å²) in [5.74, 6) is 1.80. The van der Waals surface area contributed by atoms with Gasteiger partial charge in [-0.25, -0.2) is 4.98 Å². The van der Waals surface area contributed by atoms with E-state index in [1.54, 1.807) is 11.3 Å². The summed E-state index contributed by atoms with van der Waals surface area (Å²) in [4.78, 5) is 17.8. The number of aromatic nitrogens is 1. The van der Waals surface area contributed by atoms with E-state index in [0.29, 0.717) is 6.42 Å². The largest absolute Gasteiger partial charge is 0.466 e. The van der Waals surface area contributed by atoms with E-state index in [1.807, 2.05) is 43.3 Å². The first-order valence-electron chi connectivity index (χ1n) is 9.28. The predicted molar refractivity (Wildman–Crippen MR) is 108 cm³/mol. The molecule has 0 bridgehead atoms. The first-order valence-corrected chi connectivity index (χ1v) is 10.1. The van der Waals surface area contributed by atoms with Crippen LogP contribution in [0.25, 0.3) is 15.8 Å². The van der Waals surface area contributed by atoms with Crippen LogP contribution in [0.2, 0.25) is 0 Å². The molecule has 1 unspecified atom stereocenters. The van der Waals surface area contributed by atoms with Crippen molar-refractivity contribution in [3.8, 4) is 0 Å². The Morgan fingerprint density at radius 1 is 1.00 bits per heavy atom. The maximum absolute atomic E-state index is 12.9. The minimum Gasteiger partial charge on any atom is -0.466 e. The van der Waals surface area contributed by atoms with E-state index < -0.39 is 0 Å². The van der Waals surface area contributed by atoms with Crippen molar-refractivity contribution in [1.29, 1.82) is 0 Å². The summed E-state index contributed by atoms with van der Waals surface area (Å²) in [6.45, 7) is 2.00. The number of ketones is 1. The standard InChI is InChI=1S/C23H19NO2S/c1-14-20(23-24-16-10-5-6-13-19(16)27-23)21(15-8-3-2-4-9-15)22-17(25)11-7-12-18(22)26-14/h2-6,8-10,13,21H,7,11-12H2,1H3. The molecule has 2 heterocycles. The third kappa shape index (κ3) is 2.72. The molecule has 1 aromatic heterocycles. The van der Waals surface area contributed by atoms with E-state index in [-0.39, 0.29) is 11.7 Å². The lowest BCUT2D eigenvalue weighted by Gasteiger charge is -2.33. The lowest BCUT2D eigenvalue weighted by atomic mass is 9.77. The summed E-state index contributed by atoms with van der Waals surface area (Å²) < 4.78 is 7.33. The van der Waals surface area contributed by atoms with Gasteiger partial charge in [0.25, 0.3) is 0 Å². The molecule has 0 saturated heterocycles. The first-order chi connectivity index (χ1) is 13.2. The Bertz CT molecular complexity index is 1070. The molecule has 1 aliphatic carbocycles. The van der Waals surface area contributed by atoms with Crippen LogP contribution in [0.5, 0.6) is 0 Å². The highest BCUT2D eigenvalue weighted by Crippen LogP contribution is 2.49. The lowest BCUT2D eigenvalue weighted by Crippen LogP contribution is -2.24. The Kier molecular flexibility index (Phi) is 3.94. The quantitative estimate of drug-likeness (QED) is 0.566. The predicted octanol–water partition coefficient (Wildman–Crippen LogP) is 5.85. The van der Waals surface area contributed by atoms with Crippen molar-refractivity contribution in [1.82, 2.24) is 4.98 Å². The number of carbonyl (C=O) groups is 1. The molecule has 27 heavy (non-hydrogen) atoms. The van der Waals surface area contributed by atoms with Crippen LogP contribution < -0.4 is 0 Å². The van der Waals surface area contributed by atoms with Crippen molar-refractivity contribution in [2.45, 2.75) is 32.1 Å². The maximum Gasteiger partial charge on any atom is 0.163 e. The Labute approximate surface area is 162 Å². The van der Waals surface area contributed by atoms with Gasteiger partial charge in [0.1, 0.15) is 16.5 Å². The van der Waals surface area contributed by atoms with Gasteiger partial charge in [-0.15, -0.1) is 11.3 Å². The maximum atomic E-state index is 12.9. The number of ether oxygens (including phenoxy) is 1. The van der Waals surface area contributed by atoms with Gasteiger partial charge in [-0.2, -0.15) is 0 Å². The van der Waals surface area contributed by atoms with Crippen LogP contribution in [0.15, 0.2) is 71.7 Å². The lowest BCUT2D eigenvalue weighted by molar-refractivity contribution is -0.116. The van der Waals surface area contributed by atoms with Crippen LogP contribution in [0, 0.1) is 0 Å². The molecule has 1 atom stereocenters. The van der Waals surface area contributed by atoms with Crippen LogP contribution >= 0.6 is 11.3 Å². The van der Waals surface area contributed by atoms with E-state index in [1.165, 1.54) is 0 Å². The number of hydrogen-bond donors (Lipinski definition) is 0. The van der Waals surface area contributed by atoms with Gasteiger partial charge in [-0.05, 0) is 31.0 Å². The van der Waals surface area contributed by atoms with E-state index in [9.17, 15) is 4.79 Å². The number of fused-ring (bicyclic) bond motifs is 1. The smallest absolute Gasteiger partial charge is 0.163 e. The zero-order valence-corrected chi connectivity index (χ0v) is 15.9. The van der Waals surface area contributed by atoms with Gasteiger partial charge in [0.15, 0.2) is 5.78 Å². The molecule has 2 aliphatic rings. The van der Waals surface area contributed by atoms with Gasteiger partial charge < -0.3 is 4.74 Å². The van der Waals surface area contributed by atoms with Crippen molar-refractivity contribution in [2.75, 3.05) is 0 Å². The topological polar surface area (TPSA) is 39.2 Å². The number of rotatable bonds is 2. The number of nitrogens with zero attached hydrogens (tertiary/aromatic N) is 1. The summed E-state index contributed by atoms with van der Waals surface area (Å²) in [7, 11) is 0. The van der Waals surface area contributed by atoms with Crippen LogP contribution in [-0.2, 0) is 9.53 Å². The zero-order valence-electron chi connectivity index (χ0n) is 15.1. The number of hydrogen-bond acceptors (Lipinski definition) is 4. The van der Waals surface area contributed by atoms with E-state index in [4.69, 9.17) is 9.72 Å². The molecular formula is C23H19NO2S. The van der Waals surface area contributed by atoms with Gasteiger partial charge in [0.05, 0.1) is 10.2 Å². The third-order valence-electron chi connectivity index (χ3n) is 5.30. The molecule has 5 rings (SSSR count). The Morgan fingerprint density at radius 2 is 1.78 bits per heavy atom. The molecule has 0 N–H and O–H groups in total. The highest BCUT2D eigenvalue weighted by Gasteiger charge is 2.38. The van der Waals surface area contributed by atoms with Crippen LogP contribution in [0.1, 0.15) is 42.7 Å². The van der Waals surface area contributed by atoms with Gasteiger partial charge in [-0.1, -0.05) is 42.5 Å². The fraction of sp³-hybridized carbons (Fsp3) is 0.217. The SMILES string of the molecule is CC1=C(c2nc3ccccc3s2)C(c2ccccc2)C2=C(CCCC2=O)O1. The fourth-order valence-electron chi connectivity index (χ4n) is 4.09. The zero-order chi connectivity index (χ0) is 18.4. The molecule has 0 saturated carbocycles. The van der Waals surface area contributed by atoms with Crippen molar-refractivity contribution in [3.63, 3.8) is 0 Å². The molecule has 0 amide bonds. The van der Waals surface area contributed by atoms with Gasteiger partial charge >= 0.3 is 0 Å². The molecule has 0 radical (unpaired) electrons. The van der Waals surface area contributed by atoms with E-state index in [2.05, 4.69) is 18.2 Å². The summed E-state index contributed by atoms with van der Waals surface area (Å²) >= 11 is 1.66. The van der Waals surface area contributed by atoms with Gasteiger partial charge in [0.2, 0.25) is 0 Å². The minimum absolute atomic E-state index is 0.108. The summed E-state index contributed by atoms with van der Waals surface area (Å²) in [6, 6.07) is 18.4. The minimum atomic E-state index is -0.108. The Morgan fingerprint density at radius 3 is 2.59 bits per heavy atom. The molecular weight excluding hydrogens is 354 g/mol. The Balaban J connectivity index is 1.73. The molecule has 2 aromatic carbocycles. The summed E-state index contributed by atoms with van der Waals surface area (Å²) in [5.41, 5.74) is 3.96. The second-order valence-electron chi connectivity index (χ2n) is 7.02. The molecule has 4 heteroatoms. The Hall–Kier alpha value is -2.72. The summed E-state index contributed by atoms with van der Waals surface area (Å²) in [6.07, 6.45) is 2.29. The molecule has 0 spiro atoms. The molecule has 3 nitrogen and oxygen atoms in total. The molecule has 1 aliphatic heterocycles. The average molecular weight is 373 g/mol. The van der Waals surface area contributed by atoms with Crippen molar-refractivity contribution >= 4 is 32.9 Å². The normalized spacial score (nSPS) is 20.0. The molecule has 3 aromatic rings. The monoisotopic (exact) mass is 373 g/mol. The number of allylic oxidation sites excluding steroid dienone is 4. The second-order valence-corrected chi connectivity index (χ2v) is 8.05. The first kappa shape index (κ1) is 16.5. The van der Waals surface area contributed by atoms with Crippen molar-refractivity contribution < 1.29 is 9.53 Å². The highest BCUT2D eigenvalue weighted by atomic mass is 32.1. The number of carbonyl (C=O) groups excluding carboxylic acids is 1. The van der Waals surface area contributed by atoms with Gasteiger partial charge in [0, 0.05) is 29.9 Å². The number of benzene rings is 2. The van der Waals surface area contributed by atoms with Crippen molar-refractivity contribution in [2.24, 2.45) is 0 Å². The average Bonchev–Trinajstić information content (AvgIpc) is 3.11. The molecule has 134 valence electrons. The summed E-state index contributed by atoms with van der Waals surface area (Å²) in [5, 5.41) is 0.937. The van der Waals surface area contributed by atoms with Crippen LogP contribution in [-0.4, -0.2) is 10.8 Å². The van der Waals surface area contributed by atoms with Crippen LogP contribution in [0.4, 0.5) is 0 Å². The van der Waals surface area contributed by atoms with Crippen molar-refractivity contribution in [3.05, 3.63) is 82.3 Å². The second kappa shape index (κ2) is 6.46. The van der Waals surface area contributed by atoms with E-state index >= 15 is 0 Å². The van der Waals surface area contributed by atoms with Crippen LogP contribution in [0.3, 0.4) is 0 Å². The third-order valence-corrected chi connectivity index (χ3v) is 6.37. The number of thiazole rings is 1. The number of Topliss-reactive ketones (excluding diaryl/α,β-unsaturated/α-hetero) is 1. The fourth-order valence-corrected chi connectivity index (χ4v) is 5.18.